The molecule has 4 nitrogen and oxygen atoms in total. The van der Waals surface area contributed by atoms with Crippen molar-refractivity contribution < 1.29 is 13.3 Å². The van der Waals surface area contributed by atoms with Crippen LogP contribution in [0.2, 0.25) is 0 Å². The van der Waals surface area contributed by atoms with Gasteiger partial charge in [0.25, 0.3) is 0 Å². The largest absolute Gasteiger partial charge is 0.600 e. The lowest BCUT2D eigenvalue weighted by Crippen LogP contribution is -2.62. The highest BCUT2D eigenvalue weighted by Gasteiger charge is 2.58. The van der Waals surface area contributed by atoms with E-state index >= 15 is 0 Å². The van der Waals surface area contributed by atoms with Crippen LogP contribution in [0.5, 0.6) is 0 Å². The normalized spacial score (nSPS) is 26.2. The Morgan fingerprint density at radius 3 is 2.12 bits per heavy atom. The van der Waals surface area contributed by atoms with Gasteiger partial charge in [0.05, 0.1) is 6.10 Å². The van der Waals surface area contributed by atoms with Crippen LogP contribution in [0.1, 0.15) is 41.5 Å². The van der Waals surface area contributed by atoms with Crippen molar-refractivity contribution in [2.24, 2.45) is 0 Å². The first-order valence-electron chi connectivity index (χ1n) is 6.09. The van der Waals surface area contributed by atoms with Crippen molar-refractivity contribution in [2.45, 2.75) is 53.2 Å². The van der Waals surface area contributed by atoms with Crippen LogP contribution in [-0.4, -0.2) is 44.9 Å². The Labute approximate surface area is 100 Å². The lowest BCUT2D eigenvalue weighted by molar-refractivity contribution is 0.0315. The summed E-state index contributed by atoms with van der Waals surface area (Å²) in [5.74, 6) is 0. The standard InChI is InChI=1S/C11H25NO3Si/c1-7-13-16(14-8-2)12(11(4,5)6)9-10(3)15-16/h10H,7-9H2,1-6H3. The summed E-state index contributed by atoms with van der Waals surface area (Å²) < 4.78 is 20.0. The summed E-state index contributed by atoms with van der Waals surface area (Å²) >= 11 is 0. The van der Waals surface area contributed by atoms with E-state index in [1.165, 1.54) is 0 Å². The number of hydrogen-bond donors (Lipinski definition) is 0. The third-order valence-electron chi connectivity index (χ3n) is 2.58. The first-order chi connectivity index (χ1) is 7.35. The zero-order valence-electron chi connectivity index (χ0n) is 11.4. The first kappa shape index (κ1) is 14.1. The molecule has 0 spiro atoms. The Hall–Kier alpha value is 0.0569. The second kappa shape index (κ2) is 5.14. The molecule has 0 amide bonds. The summed E-state index contributed by atoms with van der Waals surface area (Å²) in [5, 5.41) is 0. The van der Waals surface area contributed by atoms with Gasteiger partial charge in [-0.1, -0.05) is 0 Å². The van der Waals surface area contributed by atoms with Crippen LogP contribution in [0, 0.1) is 0 Å². The lowest BCUT2D eigenvalue weighted by Gasteiger charge is -2.39. The molecule has 5 heteroatoms. The monoisotopic (exact) mass is 247 g/mol. The van der Waals surface area contributed by atoms with E-state index in [4.69, 9.17) is 13.3 Å². The highest BCUT2D eigenvalue weighted by molar-refractivity contribution is 6.58. The summed E-state index contributed by atoms with van der Waals surface area (Å²) in [5.41, 5.74) is 0.0152. The van der Waals surface area contributed by atoms with Crippen molar-refractivity contribution in [3.05, 3.63) is 0 Å². The van der Waals surface area contributed by atoms with E-state index in [9.17, 15) is 0 Å². The van der Waals surface area contributed by atoms with Crippen LogP contribution in [-0.2, 0) is 13.3 Å². The summed E-state index contributed by atoms with van der Waals surface area (Å²) in [4.78, 5) is 0. The van der Waals surface area contributed by atoms with Gasteiger partial charge in [-0.15, -0.1) is 0 Å². The summed E-state index contributed by atoms with van der Waals surface area (Å²) in [7, 11) is -2.63. The minimum atomic E-state index is -2.63. The molecule has 1 heterocycles. The van der Waals surface area contributed by atoms with Gasteiger partial charge in [0.15, 0.2) is 0 Å². The second-order valence-corrected chi connectivity index (χ2v) is 7.50. The second-order valence-electron chi connectivity index (χ2n) is 5.10. The molecule has 1 fully saturated rings. The van der Waals surface area contributed by atoms with Crippen LogP contribution in [0.25, 0.3) is 0 Å². The third-order valence-corrected chi connectivity index (χ3v) is 6.11. The molecule has 0 N–H and O–H groups in total. The maximum Gasteiger partial charge on any atom is 0.600 e. The van der Waals surface area contributed by atoms with Gasteiger partial charge in [-0.3, -0.25) is 0 Å². The van der Waals surface area contributed by atoms with Crippen molar-refractivity contribution >= 4 is 8.97 Å². The van der Waals surface area contributed by atoms with E-state index in [1.807, 2.05) is 13.8 Å². The van der Waals surface area contributed by atoms with Crippen molar-refractivity contribution in [3.63, 3.8) is 0 Å². The van der Waals surface area contributed by atoms with Gasteiger partial charge in [0.1, 0.15) is 0 Å². The van der Waals surface area contributed by atoms with Crippen molar-refractivity contribution in [2.75, 3.05) is 19.8 Å². The minimum absolute atomic E-state index is 0.0152. The molecule has 96 valence electrons. The van der Waals surface area contributed by atoms with E-state index in [1.54, 1.807) is 0 Å². The van der Waals surface area contributed by atoms with Crippen LogP contribution in [0.3, 0.4) is 0 Å². The average Bonchev–Trinajstić information content (AvgIpc) is 2.43. The smallest absolute Gasteiger partial charge is 0.361 e. The van der Waals surface area contributed by atoms with Crippen LogP contribution < -0.4 is 0 Å². The molecule has 0 aromatic rings. The fourth-order valence-corrected chi connectivity index (χ4v) is 5.31. The van der Waals surface area contributed by atoms with Gasteiger partial charge in [-0.25, -0.2) is 4.57 Å². The fraction of sp³-hybridized carbons (Fsp3) is 1.00. The number of nitrogens with zero attached hydrogens (tertiary/aromatic N) is 1. The molecule has 0 saturated carbocycles. The van der Waals surface area contributed by atoms with E-state index in [0.29, 0.717) is 13.2 Å². The molecule has 1 rings (SSSR count). The lowest BCUT2D eigenvalue weighted by atomic mass is 10.1. The molecule has 1 unspecified atom stereocenters. The highest BCUT2D eigenvalue weighted by atomic mass is 28.4. The molecule has 0 aromatic heterocycles. The first-order valence-corrected chi connectivity index (χ1v) is 7.76. The summed E-state index contributed by atoms with van der Waals surface area (Å²) in [6, 6.07) is 0. The maximum atomic E-state index is 5.99. The maximum absolute atomic E-state index is 5.99. The third kappa shape index (κ3) is 2.84. The van der Waals surface area contributed by atoms with Crippen molar-refractivity contribution in [3.8, 4) is 0 Å². The molecule has 16 heavy (non-hydrogen) atoms. The van der Waals surface area contributed by atoms with Gasteiger partial charge in [-0.2, -0.15) is 0 Å². The van der Waals surface area contributed by atoms with Gasteiger partial charge in [0, 0.05) is 25.3 Å². The van der Waals surface area contributed by atoms with Gasteiger partial charge in [-0.05, 0) is 41.5 Å². The van der Waals surface area contributed by atoms with E-state index in [0.717, 1.165) is 6.54 Å². The summed E-state index contributed by atoms with van der Waals surface area (Å²) in [6.07, 6.45) is 0.184. The van der Waals surface area contributed by atoms with Crippen molar-refractivity contribution in [1.82, 2.24) is 4.57 Å². The Morgan fingerprint density at radius 1 is 1.25 bits per heavy atom. The number of hydrogen-bond acceptors (Lipinski definition) is 4. The van der Waals surface area contributed by atoms with E-state index in [2.05, 4.69) is 32.3 Å². The topological polar surface area (TPSA) is 30.9 Å². The minimum Gasteiger partial charge on any atom is -0.361 e. The molecule has 0 aromatic carbocycles. The van der Waals surface area contributed by atoms with Gasteiger partial charge in [0.2, 0.25) is 0 Å². The molecular formula is C11H25NO3Si. The quantitative estimate of drug-likeness (QED) is 0.711. The zero-order chi connectivity index (χ0) is 12.4. The van der Waals surface area contributed by atoms with Gasteiger partial charge < -0.3 is 13.3 Å². The molecule has 0 radical (unpaired) electrons. The fourth-order valence-electron chi connectivity index (χ4n) is 2.04. The van der Waals surface area contributed by atoms with E-state index in [-0.39, 0.29) is 11.6 Å². The molecule has 1 aliphatic rings. The SMILES string of the molecule is CCO[Si]1(OCC)OC(C)CN1C(C)(C)C. The van der Waals surface area contributed by atoms with E-state index < -0.39 is 8.97 Å². The highest BCUT2D eigenvalue weighted by Crippen LogP contribution is 2.32. The Morgan fingerprint density at radius 2 is 1.75 bits per heavy atom. The Bertz CT molecular complexity index is 224. The van der Waals surface area contributed by atoms with Crippen LogP contribution >= 0.6 is 0 Å². The average molecular weight is 247 g/mol. The van der Waals surface area contributed by atoms with Gasteiger partial charge >= 0.3 is 8.97 Å². The molecule has 1 aliphatic heterocycles. The summed E-state index contributed by atoms with van der Waals surface area (Å²) in [6.45, 7) is 14.7. The van der Waals surface area contributed by atoms with Crippen LogP contribution in [0.4, 0.5) is 0 Å². The zero-order valence-corrected chi connectivity index (χ0v) is 12.4. The number of rotatable bonds is 4. The van der Waals surface area contributed by atoms with Crippen LogP contribution in [0.15, 0.2) is 0 Å². The van der Waals surface area contributed by atoms with Crippen molar-refractivity contribution in [1.29, 1.82) is 0 Å². The molecule has 0 aliphatic carbocycles. The predicted octanol–water partition coefficient (Wildman–Crippen LogP) is 2.01. The Kier molecular flexibility index (Phi) is 4.54. The molecule has 1 atom stereocenters. The predicted molar refractivity (Wildman–Crippen MR) is 66.0 cm³/mol. The Balaban J connectivity index is 2.93. The molecule has 0 bridgehead atoms. The molecular weight excluding hydrogens is 222 g/mol. The molecule has 1 saturated heterocycles.